The van der Waals surface area contributed by atoms with Crippen LogP contribution in [0, 0.1) is 0 Å². The number of ether oxygens (including phenoxy) is 2. The summed E-state index contributed by atoms with van der Waals surface area (Å²) in [5, 5.41) is 0. The van der Waals surface area contributed by atoms with Gasteiger partial charge in [0.25, 0.3) is 5.56 Å². The minimum atomic E-state index is -0.767. The van der Waals surface area contributed by atoms with Crippen LogP contribution >= 0.6 is 0 Å². The number of H-pyrrole nitrogens is 1. The molecule has 0 aliphatic heterocycles. The van der Waals surface area contributed by atoms with Crippen LogP contribution in [0.4, 0.5) is 11.5 Å². The van der Waals surface area contributed by atoms with E-state index in [-0.39, 0.29) is 36.8 Å². The minimum Gasteiger partial charge on any atom is -0.496 e. The van der Waals surface area contributed by atoms with E-state index in [2.05, 4.69) is 4.98 Å². The van der Waals surface area contributed by atoms with E-state index in [1.54, 1.807) is 18.2 Å². The van der Waals surface area contributed by atoms with Crippen LogP contribution in [0.5, 0.6) is 5.75 Å². The lowest BCUT2D eigenvalue weighted by Gasteiger charge is -2.25. The molecule has 10 heteroatoms. The van der Waals surface area contributed by atoms with Crippen LogP contribution in [-0.2, 0) is 22.5 Å². The van der Waals surface area contributed by atoms with Gasteiger partial charge in [-0.1, -0.05) is 30.3 Å². The monoisotopic (exact) mass is 494 g/mol. The zero-order chi connectivity index (χ0) is 26.2. The number of hydrogen-bond acceptors (Lipinski definition) is 7. The summed E-state index contributed by atoms with van der Waals surface area (Å²) in [6.45, 7) is 2.01. The predicted octanol–water partition coefficient (Wildman–Crippen LogP) is 1.99. The topological polar surface area (TPSA) is 137 Å². The fourth-order valence-electron chi connectivity index (χ4n) is 3.88. The second-order valence-electron chi connectivity index (χ2n) is 8.22. The van der Waals surface area contributed by atoms with Crippen molar-refractivity contribution in [2.24, 2.45) is 0 Å². The Bertz CT molecular complexity index is 1350. The number of aromatic nitrogens is 2. The molecule has 1 heterocycles. The summed E-state index contributed by atoms with van der Waals surface area (Å²) in [6.07, 6.45) is 0.261. The third-order valence-electron chi connectivity index (χ3n) is 5.73. The van der Waals surface area contributed by atoms with Crippen LogP contribution in [0.3, 0.4) is 0 Å². The number of carbonyl (C=O) groups is 2. The molecule has 0 fully saturated rings. The lowest BCUT2D eigenvalue weighted by molar-refractivity contribution is -0.118. The number of nitrogens with zero attached hydrogens (tertiary/aromatic N) is 2. The van der Waals surface area contributed by atoms with Gasteiger partial charge < -0.3 is 20.1 Å². The Morgan fingerprint density at radius 1 is 1.08 bits per heavy atom. The molecule has 0 saturated carbocycles. The first-order chi connectivity index (χ1) is 17.3. The Morgan fingerprint density at radius 2 is 1.81 bits per heavy atom. The first-order valence-corrected chi connectivity index (χ1v) is 11.4. The number of benzene rings is 2. The number of anilines is 2. The standard InChI is InChI=1S/C26H30N4O6/c1-17(31)19-10-11-21(36-3)20(14-19)15-22(32)29(12-7-13-35-2)23-24(27)30(26(34)28-25(23)33)16-18-8-5-4-6-9-18/h4-6,8-11,14H,7,12-13,15-16,27H2,1-3H3,(H,28,33,34). The molecule has 0 radical (unpaired) electrons. The summed E-state index contributed by atoms with van der Waals surface area (Å²) in [5.74, 6) is -0.298. The van der Waals surface area contributed by atoms with Crippen molar-refractivity contribution in [2.45, 2.75) is 26.3 Å². The molecule has 1 aromatic heterocycles. The highest BCUT2D eigenvalue weighted by Gasteiger charge is 2.25. The molecule has 10 nitrogen and oxygen atoms in total. The molecule has 190 valence electrons. The van der Waals surface area contributed by atoms with Crippen LogP contribution < -0.4 is 26.6 Å². The third kappa shape index (κ3) is 6.08. The largest absolute Gasteiger partial charge is 0.496 e. The normalized spacial score (nSPS) is 10.8. The highest BCUT2D eigenvalue weighted by atomic mass is 16.5. The van der Waals surface area contributed by atoms with E-state index in [4.69, 9.17) is 15.2 Å². The number of Topliss-reactive ketones (excluding diaryl/α,β-unsaturated/α-hetero) is 1. The van der Waals surface area contributed by atoms with Gasteiger partial charge in [0.15, 0.2) is 11.5 Å². The van der Waals surface area contributed by atoms with Gasteiger partial charge in [0.2, 0.25) is 5.91 Å². The molecule has 0 bridgehead atoms. The van der Waals surface area contributed by atoms with Crippen molar-refractivity contribution in [3.63, 3.8) is 0 Å². The molecule has 0 saturated heterocycles. The van der Waals surface area contributed by atoms with E-state index in [0.717, 1.165) is 5.56 Å². The summed E-state index contributed by atoms with van der Waals surface area (Å²) in [7, 11) is 3.00. The molecular weight excluding hydrogens is 464 g/mol. The van der Waals surface area contributed by atoms with Crippen molar-refractivity contribution in [3.8, 4) is 5.75 Å². The average Bonchev–Trinajstić information content (AvgIpc) is 2.86. The van der Waals surface area contributed by atoms with Crippen LogP contribution in [0.15, 0.2) is 58.1 Å². The number of carbonyl (C=O) groups excluding carboxylic acids is 2. The predicted molar refractivity (Wildman–Crippen MR) is 137 cm³/mol. The van der Waals surface area contributed by atoms with Crippen molar-refractivity contribution >= 4 is 23.2 Å². The number of methoxy groups -OCH3 is 2. The van der Waals surface area contributed by atoms with Gasteiger partial charge in [-0.15, -0.1) is 0 Å². The van der Waals surface area contributed by atoms with Gasteiger partial charge in [-0.25, -0.2) is 4.79 Å². The van der Waals surface area contributed by atoms with E-state index in [0.29, 0.717) is 29.9 Å². The van der Waals surface area contributed by atoms with E-state index in [9.17, 15) is 19.2 Å². The number of nitrogens with two attached hydrogens (primary N) is 1. The zero-order valence-corrected chi connectivity index (χ0v) is 20.6. The van der Waals surface area contributed by atoms with Crippen molar-refractivity contribution in [2.75, 3.05) is 38.0 Å². The Balaban J connectivity index is 2.05. The highest BCUT2D eigenvalue weighted by molar-refractivity contribution is 5.98. The molecule has 0 unspecified atom stereocenters. The van der Waals surface area contributed by atoms with Crippen molar-refractivity contribution in [3.05, 3.63) is 86.1 Å². The molecule has 0 atom stereocenters. The Morgan fingerprint density at radius 3 is 2.44 bits per heavy atom. The molecule has 36 heavy (non-hydrogen) atoms. The summed E-state index contributed by atoms with van der Waals surface area (Å²) < 4.78 is 11.7. The fourth-order valence-corrected chi connectivity index (χ4v) is 3.88. The van der Waals surface area contributed by atoms with Crippen LogP contribution in [-0.4, -0.2) is 48.6 Å². The van der Waals surface area contributed by atoms with Crippen molar-refractivity contribution in [1.29, 1.82) is 0 Å². The molecule has 3 aromatic rings. The van der Waals surface area contributed by atoms with Gasteiger partial charge in [-0.3, -0.25) is 23.9 Å². The van der Waals surface area contributed by atoms with Crippen LogP contribution in [0.1, 0.15) is 34.8 Å². The van der Waals surface area contributed by atoms with Crippen molar-refractivity contribution < 1.29 is 19.1 Å². The first kappa shape index (κ1) is 26.4. The molecule has 3 N–H and O–H groups in total. The van der Waals surface area contributed by atoms with Gasteiger partial charge in [-0.2, -0.15) is 0 Å². The summed E-state index contributed by atoms with van der Waals surface area (Å²) in [5.41, 5.74) is 6.49. The summed E-state index contributed by atoms with van der Waals surface area (Å²) in [6, 6.07) is 14.0. The molecule has 0 spiro atoms. The Hall–Kier alpha value is -4.18. The number of hydrogen-bond donors (Lipinski definition) is 2. The summed E-state index contributed by atoms with van der Waals surface area (Å²) in [4.78, 5) is 54.5. The lowest BCUT2D eigenvalue weighted by atomic mass is 10.0. The maximum atomic E-state index is 13.6. The molecule has 3 rings (SSSR count). The number of ketones is 1. The molecule has 2 aromatic carbocycles. The number of aromatic amines is 1. The van der Waals surface area contributed by atoms with E-state index in [1.807, 2.05) is 30.3 Å². The van der Waals surface area contributed by atoms with Crippen LogP contribution in [0.25, 0.3) is 0 Å². The smallest absolute Gasteiger partial charge is 0.330 e. The quantitative estimate of drug-likeness (QED) is 0.307. The minimum absolute atomic E-state index is 0.115. The highest BCUT2D eigenvalue weighted by Crippen LogP contribution is 2.24. The SMILES string of the molecule is COCCCN(C(=O)Cc1cc(C(C)=O)ccc1OC)c1c(N)n(Cc2ccccc2)c(=O)[nH]c1=O. The molecule has 0 aliphatic carbocycles. The second-order valence-corrected chi connectivity index (χ2v) is 8.22. The number of nitrogen functional groups attached to an aromatic ring is 1. The van der Waals surface area contributed by atoms with Gasteiger partial charge >= 0.3 is 5.69 Å². The summed E-state index contributed by atoms with van der Waals surface area (Å²) >= 11 is 0. The fraction of sp³-hybridized carbons (Fsp3) is 0.308. The average molecular weight is 495 g/mol. The maximum absolute atomic E-state index is 13.6. The molecule has 1 amide bonds. The van der Waals surface area contributed by atoms with E-state index in [1.165, 1.54) is 30.6 Å². The van der Waals surface area contributed by atoms with Gasteiger partial charge in [0.1, 0.15) is 11.6 Å². The number of amides is 1. The Kier molecular flexibility index (Phi) is 8.80. The number of nitrogens with one attached hydrogen (secondary N) is 1. The maximum Gasteiger partial charge on any atom is 0.330 e. The molecular formula is C26H30N4O6. The number of rotatable bonds is 11. The third-order valence-corrected chi connectivity index (χ3v) is 5.73. The lowest BCUT2D eigenvalue weighted by Crippen LogP contribution is -2.42. The molecule has 0 aliphatic rings. The van der Waals surface area contributed by atoms with E-state index >= 15 is 0 Å². The zero-order valence-electron chi connectivity index (χ0n) is 20.6. The Labute approximate surface area is 208 Å². The van der Waals surface area contributed by atoms with Gasteiger partial charge in [-0.05, 0) is 37.1 Å². The van der Waals surface area contributed by atoms with Gasteiger partial charge in [0.05, 0.1) is 20.1 Å². The van der Waals surface area contributed by atoms with E-state index < -0.39 is 17.2 Å². The second kappa shape index (κ2) is 12.0. The van der Waals surface area contributed by atoms with Crippen molar-refractivity contribution in [1.82, 2.24) is 9.55 Å². The van der Waals surface area contributed by atoms with Crippen LogP contribution in [0.2, 0.25) is 0 Å². The first-order valence-electron chi connectivity index (χ1n) is 11.4. The van der Waals surface area contributed by atoms with Gasteiger partial charge in [0, 0.05) is 31.4 Å².